The molecule has 0 aliphatic carbocycles. The van der Waals surface area contributed by atoms with Crippen molar-refractivity contribution in [3.63, 3.8) is 0 Å². The fourth-order valence-corrected chi connectivity index (χ4v) is 7.35. The average Bonchev–Trinajstić information content (AvgIpc) is 3.24. The molecular weight excluding hydrogens is 856 g/mol. The maximum Gasteiger partial charge on any atom is 0.305 e. The van der Waals surface area contributed by atoms with Crippen molar-refractivity contribution in [2.45, 2.75) is 133 Å². The van der Waals surface area contributed by atoms with E-state index in [0.29, 0.717) is 5.75 Å². The van der Waals surface area contributed by atoms with Gasteiger partial charge in [-0.2, -0.15) is 0 Å². The Hall–Kier alpha value is -4.95. The number of allylic oxidation sites excluding steroid dienone is 2. The van der Waals surface area contributed by atoms with Gasteiger partial charge in [0.15, 0.2) is 18.2 Å². The van der Waals surface area contributed by atoms with Crippen molar-refractivity contribution in [3.8, 4) is 34.3 Å². The zero-order valence-electron chi connectivity index (χ0n) is 35.4. The maximum atomic E-state index is 14.8. The van der Waals surface area contributed by atoms with Crippen molar-refractivity contribution in [1.82, 2.24) is 0 Å². The van der Waals surface area contributed by atoms with Crippen LogP contribution in [0.3, 0.4) is 0 Å². The van der Waals surface area contributed by atoms with Crippen molar-refractivity contribution in [2.24, 2.45) is 0 Å². The summed E-state index contributed by atoms with van der Waals surface area (Å²) in [6.45, 7) is 6.27. The molecule has 3 aliphatic heterocycles. The van der Waals surface area contributed by atoms with Crippen molar-refractivity contribution in [2.75, 3.05) is 13.7 Å². The Morgan fingerprint density at radius 2 is 1.34 bits per heavy atom. The van der Waals surface area contributed by atoms with E-state index in [0.717, 1.165) is 25.5 Å². The average molecular weight is 909 g/mol. The van der Waals surface area contributed by atoms with Gasteiger partial charge in [0.05, 0.1) is 19.8 Å². The minimum Gasteiger partial charge on any atom is -0.507 e. The number of fused-ring (bicyclic) bond motifs is 1. The summed E-state index contributed by atoms with van der Waals surface area (Å²) >= 11 is 0. The third kappa shape index (κ3) is 9.97. The number of phenols is 1. The Balaban J connectivity index is 1.47. The van der Waals surface area contributed by atoms with E-state index in [1.54, 1.807) is 19.9 Å². The molecule has 9 N–H and O–H groups in total. The van der Waals surface area contributed by atoms with E-state index in [9.17, 15) is 60.3 Å². The standard InChI is InChI=1S/C42H52O22/c1-15(2)7-12-21-23(59-40-30(51)28(49)26(47)24(14-43)60-40)13-22(46)25-27(48)37(35(61-36(21)25)19-8-10-20(55-6)11-9-19)62-42-33(54)38(34(16(3)56-42)57-17(4)44)63-41-32(53)29(50)31(52)39(64-41)58-18(5)45/h7-11,13,16,24,26,28-34,38-43,46-47,49-54H,12,14H2,1-6H3/t16-,24+,26+,28-,29-,30+,31-,32+,33+,34-,38-,39-,40+,41+,42-/m0/s1. The lowest BCUT2D eigenvalue weighted by Crippen LogP contribution is -2.65. The lowest BCUT2D eigenvalue weighted by Gasteiger charge is -2.46. The van der Waals surface area contributed by atoms with Crippen molar-refractivity contribution < 1.29 is 103 Å². The molecule has 352 valence electrons. The zero-order valence-corrected chi connectivity index (χ0v) is 35.4. The summed E-state index contributed by atoms with van der Waals surface area (Å²) < 4.78 is 57.1. The first-order valence-corrected chi connectivity index (χ1v) is 20.1. The van der Waals surface area contributed by atoms with Crippen molar-refractivity contribution >= 4 is 22.9 Å². The fraction of sp³-hybridized carbons (Fsp3) is 0.548. The summed E-state index contributed by atoms with van der Waals surface area (Å²) in [5.41, 5.74) is -0.151. The second-order valence-corrected chi connectivity index (χ2v) is 15.6. The number of esters is 2. The number of carbonyl (C=O) groups excluding carboxylic acids is 2. The highest BCUT2D eigenvalue weighted by Crippen LogP contribution is 2.42. The number of methoxy groups -OCH3 is 1. The number of carbonyl (C=O) groups is 2. The van der Waals surface area contributed by atoms with E-state index in [-0.39, 0.29) is 34.6 Å². The van der Waals surface area contributed by atoms with Gasteiger partial charge < -0.3 is 93.0 Å². The number of rotatable bonds is 13. The molecule has 6 rings (SSSR count). The van der Waals surface area contributed by atoms with Gasteiger partial charge in [-0.3, -0.25) is 14.4 Å². The molecular formula is C42H52O22. The third-order valence-corrected chi connectivity index (χ3v) is 10.7. The van der Waals surface area contributed by atoms with Crippen LogP contribution in [-0.4, -0.2) is 164 Å². The van der Waals surface area contributed by atoms with Gasteiger partial charge in [-0.25, -0.2) is 0 Å². The molecule has 2 aromatic carbocycles. The van der Waals surface area contributed by atoms with E-state index in [1.165, 1.54) is 38.3 Å². The molecule has 4 heterocycles. The number of benzene rings is 2. The van der Waals surface area contributed by atoms with Gasteiger partial charge in [0.1, 0.15) is 83.2 Å². The van der Waals surface area contributed by atoms with Crippen LogP contribution in [0.4, 0.5) is 0 Å². The number of hydrogen-bond donors (Lipinski definition) is 9. The molecule has 22 heteroatoms. The summed E-state index contributed by atoms with van der Waals surface area (Å²) in [5, 5.41) is 96.1. The van der Waals surface area contributed by atoms with Gasteiger partial charge in [-0.1, -0.05) is 11.6 Å². The lowest BCUT2D eigenvalue weighted by atomic mass is 9.98. The number of aromatic hydroxyl groups is 1. The molecule has 3 aliphatic rings. The molecule has 0 unspecified atom stereocenters. The van der Waals surface area contributed by atoms with Crippen LogP contribution >= 0.6 is 0 Å². The number of aliphatic hydroxyl groups is 8. The smallest absolute Gasteiger partial charge is 0.305 e. The van der Waals surface area contributed by atoms with Gasteiger partial charge in [-0.15, -0.1) is 0 Å². The Labute approximate surface area is 364 Å². The van der Waals surface area contributed by atoms with Crippen LogP contribution in [0.15, 0.2) is 51.2 Å². The predicted molar refractivity (Wildman–Crippen MR) is 214 cm³/mol. The molecule has 3 fully saturated rings. The summed E-state index contributed by atoms with van der Waals surface area (Å²) in [6.07, 6.45) is -24.8. The molecule has 15 atom stereocenters. The van der Waals surface area contributed by atoms with E-state index in [4.69, 9.17) is 47.0 Å². The van der Waals surface area contributed by atoms with Crippen LogP contribution in [0.1, 0.15) is 40.2 Å². The number of phenolic OH excluding ortho intramolecular Hbond substituents is 1. The Morgan fingerprint density at radius 3 is 1.95 bits per heavy atom. The van der Waals surface area contributed by atoms with Crippen molar-refractivity contribution in [3.05, 3.63) is 57.8 Å². The number of hydrogen-bond acceptors (Lipinski definition) is 22. The predicted octanol–water partition coefficient (Wildman–Crippen LogP) is -1.01. The molecule has 0 amide bonds. The molecule has 0 spiro atoms. The largest absolute Gasteiger partial charge is 0.507 e. The van der Waals surface area contributed by atoms with Crippen molar-refractivity contribution in [1.29, 1.82) is 0 Å². The zero-order chi connectivity index (χ0) is 46.9. The molecule has 3 saturated heterocycles. The van der Waals surface area contributed by atoms with E-state index in [2.05, 4.69) is 0 Å². The first-order valence-electron chi connectivity index (χ1n) is 20.1. The van der Waals surface area contributed by atoms with Gasteiger partial charge in [0, 0.05) is 31.0 Å². The van der Waals surface area contributed by atoms with Gasteiger partial charge in [0.2, 0.25) is 30.0 Å². The normalized spacial score (nSPS) is 32.9. The van der Waals surface area contributed by atoms with Crippen LogP contribution < -0.4 is 19.6 Å². The SMILES string of the molecule is COc1ccc(-c2oc3c(CC=C(C)C)c(O[C@@H]4O[C@H](CO)[C@@H](O)[C@H](O)[C@H]4O)cc(O)c3c(=O)c2O[C@@H]2O[C@@H](C)[C@H](OC(C)=O)[C@@H](O[C@@H]3O[C@H](OC(C)=O)[C@@H](O)[C@H](O)[C@H]3O)[C@H]2O)cc1. The molecule has 0 radical (unpaired) electrons. The van der Waals surface area contributed by atoms with E-state index in [1.807, 2.05) is 0 Å². The van der Waals surface area contributed by atoms with Gasteiger partial charge in [0.25, 0.3) is 0 Å². The fourth-order valence-electron chi connectivity index (χ4n) is 7.35. The Bertz CT molecular complexity index is 2220. The van der Waals surface area contributed by atoms with Crippen LogP contribution in [0, 0.1) is 0 Å². The molecule has 1 aromatic heterocycles. The Morgan fingerprint density at radius 1 is 0.734 bits per heavy atom. The Kier molecular flexibility index (Phi) is 15.2. The molecule has 0 saturated carbocycles. The molecule has 64 heavy (non-hydrogen) atoms. The van der Waals surface area contributed by atoms with E-state index >= 15 is 0 Å². The summed E-state index contributed by atoms with van der Waals surface area (Å²) in [6, 6.07) is 7.11. The monoisotopic (exact) mass is 908 g/mol. The number of aliphatic hydroxyl groups excluding tert-OH is 8. The summed E-state index contributed by atoms with van der Waals surface area (Å²) in [7, 11) is 1.43. The third-order valence-electron chi connectivity index (χ3n) is 10.7. The first kappa shape index (κ1) is 48.5. The summed E-state index contributed by atoms with van der Waals surface area (Å²) in [5.74, 6) is -3.23. The van der Waals surface area contributed by atoms with E-state index < -0.39 is 133 Å². The lowest BCUT2D eigenvalue weighted by molar-refractivity contribution is -0.373. The maximum absolute atomic E-state index is 14.8. The second-order valence-electron chi connectivity index (χ2n) is 15.6. The van der Waals surface area contributed by atoms with Crippen LogP contribution in [0.25, 0.3) is 22.3 Å². The highest BCUT2D eigenvalue weighted by Gasteiger charge is 2.53. The highest BCUT2D eigenvalue weighted by atomic mass is 16.8. The van der Waals surface area contributed by atoms with Crippen LogP contribution in [0.5, 0.6) is 23.0 Å². The van der Waals surface area contributed by atoms with Crippen LogP contribution in [0.2, 0.25) is 0 Å². The quantitative estimate of drug-likeness (QED) is 0.0733. The minimum atomic E-state index is -2.04. The van der Waals surface area contributed by atoms with Gasteiger partial charge >= 0.3 is 11.9 Å². The second kappa shape index (κ2) is 20.1. The topological polar surface area (TPSA) is 329 Å². The highest BCUT2D eigenvalue weighted by molar-refractivity contribution is 5.91. The first-order chi connectivity index (χ1) is 30.2. The molecule has 22 nitrogen and oxygen atoms in total. The van der Waals surface area contributed by atoms with Gasteiger partial charge in [-0.05, 0) is 51.5 Å². The van der Waals surface area contributed by atoms with Crippen LogP contribution in [-0.2, 0) is 44.4 Å². The number of ether oxygens (including phenoxy) is 9. The minimum absolute atomic E-state index is 0.0191. The summed E-state index contributed by atoms with van der Waals surface area (Å²) in [4.78, 5) is 38.8. The molecule has 3 aromatic rings. The molecule has 0 bridgehead atoms.